The van der Waals surface area contributed by atoms with Crippen LogP contribution in [0.1, 0.15) is 42.4 Å². The molecular weight excluding hydrogens is 270 g/mol. The van der Waals surface area contributed by atoms with Gasteiger partial charge in [-0.15, -0.1) is 0 Å². The molecular formula is C14H25N5O2. The molecule has 0 spiro atoms. The van der Waals surface area contributed by atoms with Crippen LogP contribution >= 0.6 is 0 Å². The third kappa shape index (κ3) is 3.19. The number of nitrogens with one attached hydrogen (secondary N) is 1. The van der Waals surface area contributed by atoms with Gasteiger partial charge in [0.05, 0.1) is 17.5 Å². The molecule has 2 atom stereocenters. The molecule has 2 unspecified atom stereocenters. The van der Waals surface area contributed by atoms with Gasteiger partial charge in [-0.25, -0.2) is 0 Å². The Morgan fingerprint density at radius 1 is 1.57 bits per heavy atom. The molecule has 21 heavy (non-hydrogen) atoms. The van der Waals surface area contributed by atoms with Crippen LogP contribution in [0.3, 0.4) is 0 Å². The summed E-state index contributed by atoms with van der Waals surface area (Å²) in [6.45, 7) is 5.03. The molecule has 1 aromatic rings. The lowest BCUT2D eigenvalue weighted by Gasteiger charge is -2.26. The number of nitrogens with zero attached hydrogens (tertiary/aromatic N) is 3. The van der Waals surface area contributed by atoms with Gasteiger partial charge in [0, 0.05) is 19.1 Å². The maximum absolute atomic E-state index is 12.7. The van der Waals surface area contributed by atoms with E-state index in [1.54, 1.807) is 4.90 Å². The minimum Gasteiger partial charge on any atom is -0.395 e. The number of aliphatic hydroxyl groups is 1. The number of carbonyl (C=O) groups is 1. The van der Waals surface area contributed by atoms with E-state index in [9.17, 15) is 9.90 Å². The Morgan fingerprint density at radius 3 is 2.76 bits per heavy atom. The molecule has 0 aromatic carbocycles. The van der Waals surface area contributed by atoms with Gasteiger partial charge in [-0.2, -0.15) is 5.10 Å². The van der Waals surface area contributed by atoms with Crippen molar-refractivity contribution in [3.8, 4) is 0 Å². The van der Waals surface area contributed by atoms with E-state index in [-0.39, 0.29) is 23.6 Å². The van der Waals surface area contributed by atoms with Gasteiger partial charge in [0.1, 0.15) is 0 Å². The zero-order valence-electron chi connectivity index (χ0n) is 13.1. The van der Waals surface area contributed by atoms with Gasteiger partial charge in [0.25, 0.3) is 5.91 Å². The first kappa shape index (κ1) is 15.8. The first-order chi connectivity index (χ1) is 9.81. The van der Waals surface area contributed by atoms with Crippen LogP contribution in [0.2, 0.25) is 0 Å². The Bertz CT molecular complexity index is 511. The molecule has 1 saturated heterocycles. The average molecular weight is 295 g/mol. The van der Waals surface area contributed by atoms with E-state index in [2.05, 4.69) is 10.2 Å². The number of hydrogen-bond acceptors (Lipinski definition) is 5. The number of nitrogen functional groups attached to an aromatic ring is 1. The molecule has 1 aliphatic rings. The lowest BCUT2D eigenvalue weighted by atomic mass is 10.1. The minimum absolute atomic E-state index is 0.0129. The lowest BCUT2D eigenvalue weighted by molar-refractivity contribution is 0.0694. The fourth-order valence-corrected chi connectivity index (χ4v) is 2.84. The molecule has 2 rings (SSSR count). The van der Waals surface area contributed by atoms with Gasteiger partial charge in [-0.3, -0.25) is 9.89 Å². The number of carbonyl (C=O) groups excluding carboxylic acids is 1. The predicted molar refractivity (Wildman–Crippen MR) is 81.1 cm³/mol. The summed E-state index contributed by atoms with van der Waals surface area (Å²) in [5, 5.41) is 16.8. The van der Waals surface area contributed by atoms with Crippen molar-refractivity contribution >= 4 is 11.6 Å². The number of aliphatic hydroxyl groups excluding tert-OH is 1. The van der Waals surface area contributed by atoms with Crippen molar-refractivity contribution < 1.29 is 9.90 Å². The van der Waals surface area contributed by atoms with E-state index in [4.69, 9.17) is 5.73 Å². The van der Waals surface area contributed by atoms with Crippen LogP contribution < -0.4 is 5.73 Å². The van der Waals surface area contributed by atoms with Gasteiger partial charge in [0.15, 0.2) is 5.69 Å². The molecule has 7 heteroatoms. The summed E-state index contributed by atoms with van der Waals surface area (Å²) in [4.78, 5) is 16.4. The van der Waals surface area contributed by atoms with Crippen LogP contribution in [-0.4, -0.2) is 70.3 Å². The van der Waals surface area contributed by atoms with Gasteiger partial charge in [0.2, 0.25) is 0 Å². The van der Waals surface area contributed by atoms with E-state index in [1.165, 1.54) is 0 Å². The summed E-state index contributed by atoms with van der Waals surface area (Å²) in [6.07, 6.45) is 0.106. The fraction of sp³-hybridized carbons (Fsp3) is 0.714. The fourth-order valence-electron chi connectivity index (χ4n) is 2.84. The Hall–Kier alpha value is -1.60. The third-order valence-corrected chi connectivity index (χ3v) is 3.84. The second-order valence-corrected chi connectivity index (χ2v) is 6.32. The number of rotatable bonds is 4. The summed E-state index contributed by atoms with van der Waals surface area (Å²) in [5.74, 6) is -0.0279. The third-order valence-electron chi connectivity index (χ3n) is 3.84. The summed E-state index contributed by atoms with van der Waals surface area (Å²) in [5.41, 5.74) is 7.50. The van der Waals surface area contributed by atoms with Crippen molar-refractivity contribution in [3.63, 3.8) is 0 Å². The van der Waals surface area contributed by atoms with E-state index in [0.717, 1.165) is 5.69 Å². The highest BCUT2D eigenvalue weighted by Gasteiger charge is 2.36. The van der Waals surface area contributed by atoms with Gasteiger partial charge >= 0.3 is 0 Å². The monoisotopic (exact) mass is 295 g/mol. The van der Waals surface area contributed by atoms with Crippen LogP contribution in [0.15, 0.2) is 0 Å². The molecule has 1 fully saturated rings. The molecule has 118 valence electrons. The van der Waals surface area contributed by atoms with Gasteiger partial charge < -0.3 is 20.6 Å². The number of H-pyrrole nitrogens is 1. The highest BCUT2D eigenvalue weighted by Crippen LogP contribution is 2.26. The number of anilines is 1. The van der Waals surface area contributed by atoms with E-state index < -0.39 is 6.10 Å². The molecule has 4 N–H and O–H groups in total. The molecule has 2 heterocycles. The number of aromatic amines is 1. The molecule has 1 amide bonds. The normalized spacial score (nSPS) is 22.5. The van der Waals surface area contributed by atoms with E-state index in [1.807, 2.05) is 32.8 Å². The molecule has 0 radical (unpaired) electrons. The molecule has 0 saturated carbocycles. The summed E-state index contributed by atoms with van der Waals surface area (Å²) < 4.78 is 0. The molecule has 0 aliphatic carbocycles. The molecule has 1 aliphatic heterocycles. The average Bonchev–Trinajstić information content (AvgIpc) is 2.91. The van der Waals surface area contributed by atoms with Crippen LogP contribution in [0.25, 0.3) is 0 Å². The standard InChI is InChI=1S/C14H25N5O2/c1-8(2)12-11(15)13(17-16-12)14(21)19-7-10(20)5-9(19)6-18(3)4/h8-10,20H,5-7,15H2,1-4H3,(H,16,17). The van der Waals surface area contributed by atoms with Gasteiger partial charge in [-0.1, -0.05) is 13.8 Å². The zero-order valence-corrected chi connectivity index (χ0v) is 13.1. The quantitative estimate of drug-likeness (QED) is 0.740. The number of aromatic nitrogens is 2. The minimum atomic E-state index is -0.483. The zero-order chi connectivity index (χ0) is 15.7. The first-order valence-electron chi connectivity index (χ1n) is 7.28. The number of nitrogens with two attached hydrogens (primary N) is 1. The number of β-amino-alcohol motifs (C(OH)–C–C–N with tert-alkyl or cyclic N) is 1. The van der Waals surface area contributed by atoms with Crippen molar-refractivity contribution in [2.45, 2.75) is 38.3 Å². The summed E-state index contributed by atoms with van der Waals surface area (Å²) in [6, 6.07) is -0.0129. The molecule has 1 aromatic heterocycles. The SMILES string of the molecule is CC(C)c1[nH]nc(C(=O)N2CC(O)CC2CN(C)C)c1N. The van der Waals surface area contributed by atoms with Crippen LogP contribution in [0, 0.1) is 0 Å². The Morgan fingerprint density at radius 2 is 2.24 bits per heavy atom. The van der Waals surface area contributed by atoms with Crippen LogP contribution in [-0.2, 0) is 0 Å². The maximum atomic E-state index is 12.7. The second-order valence-electron chi connectivity index (χ2n) is 6.32. The van der Waals surface area contributed by atoms with Crippen molar-refractivity contribution in [1.29, 1.82) is 0 Å². The number of likely N-dealkylation sites (tertiary alicyclic amines) is 1. The second kappa shape index (κ2) is 6.03. The largest absolute Gasteiger partial charge is 0.395 e. The smallest absolute Gasteiger partial charge is 0.276 e. The van der Waals surface area contributed by atoms with Crippen molar-refractivity contribution in [3.05, 3.63) is 11.4 Å². The van der Waals surface area contributed by atoms with Crippen LogP contribution in [0.4, 0.5) is 5.69 Å². The maximum Gasteiger partial charge on any atom is 0.276 e. The Balaban J connectivity index is 2.22. The number of hydrogen-bond donors (Lipinski definition) is 3. The number of amides is 1. The predicted octanol–water partition coefficient (Wildman–Crippen LogP) is 0.252. The molecule has 7 nitrogen and oxygen atoms in total. The van der Waals surface area contributed by atoms with Crippen molar-refractivity contribution in [1.82, 2.24) is 20.0 Å². The highest BCUT2D eigenvalue weighted by atomic mass is 16.3. The van der Waals surface area contributed by atoms with Gasteiger partial charge in [-0.05, 0) is 26.4 Å². The Labute approximate surface area is 125 Å². The topological polar surface area (TPSA) is 98.5 Å². The highest BCUT2D eigenvalue weighted by molar-refractivity contribution is 5.98. The Kier molecular flexibility index (Phi) is 4.53. The summed E-state index contributed by atoms with van der Waals surface area (Å²) in [7, 11) is 3.90. The van der Waals surface area contributed by atoms with E-state index in [0.29, 0.717) is 25.2 Å². The van der Waals surface area contributed by atoms with Crippen LogP contribution in [0.5, 0.6) is 0 Å². The molecule has 0 bridgehead atoms. The summed E-state index contributed by atoms with van der Waals surface area (Å²) >= 11 is 0. The van der Waals surface area contributed by atoms with Crippen molar-refractivity contribution in [2.75, 3.05) is 32.9 Å². The van der Waals surface area contributed by atoms with Crippen molar-refractivity contribution in [2.24, 2.45) is 0 Å². The number of likely N-dealkylation sites (N-methyl/N-ethyl adjacent to an activating group) is 1. The lowest BCUT2D eigenvalue weighted by Crippen LogP contribution is -2.41. The first-order valence-corrected chi connectivity index (χ1v) is 7.28. The van der Waals surface area contributed by atoms with E-state index >= 15 is 0 Å².